The van der Waals surface area contributed by atoms with Gasteiger partial charge in [0.05, 0.1) is 12.9 Å². The molecule has 31 heavy (non-hydrogen) atoms. The second kappa shape index (κ2) is 7.51. The molecule has 0 radical (unpaired) electrons. The van der Waals surface area contributed by atoms with Crippen molar-refractivity contribution in [2.75, 3.05) is 12.3 Å². The molecule has 6 unspecified atom stereocenters. The van der Waals surface area contributed by atoms with Crippen LogP contribution < -0.4 is 5.73 Å². The highest BCUT2D eigenvalue weighted by Gasteiger charge is 2.57. The van der Waals surface area contributed by atoms with Gasteiger partial charge in [-0.05, 0) is 13.8 Å². The third-order valence-electron chi connectivity index (χ3n) is 4.76. The molecule has 5 N–H and O–H groups in total. The van der Waals surface area contributed by atoms with E-state index in [-0.39, 0.29) is 5.82 Å². The summed E-state index contributed by atoms with van der Waals surface area (Å²) in [5.74, 6) is -0.896. The van der Waals surface area contributed by atoms with E-state index in [4.69, 9.17) is 29.7 Å². The molecule has 2 aliphatic rings. The van der Waals surface area contributed by atoms with E-state index < -0.39 is 57.8 Å². The van der Waals surface area contributed by atoms with Gasteiger partial charge < -0.3 is 39.1 Å². The van der Waals surface area contributed by atoms with Gasteiger partial charge in [-0.15, -0.1) is 0 Å². The summed E-state index contributed by atoms with van der Waals surface area (Å²) in [5, 5.41) is 0. The van der Waals surface area contributed by atoms with Crippen molar-refractivity contribution in [1.82, 2.24) is 19.5 Å². The first-order valence-corrected chi connectivity index (χ1v) is 12.2. The van der Waals surface area contributed by atoms with E-state index >= 15 is 0 Å². The Labute approximate surface area is 174 Å². The van der Waals surface area contributed by atoms with Crippen LogP contribution in [0.25, 0.3) is 11.2 Å². The minimum atomic E-state index is -5.51. The minimum absolute atomic E-state index is 0.148. The number of aromatic nitrogens is 4. The van der Waals surface area contributed by atoms with Crippen LogP contribution in [0.3, 0.4) is 0 Å². The highest BCUT2D eigenvalue weighted by atomic mass is 31.2. The van der Waals surface area contributed by atoms with E-state index in [1.807, 2.05) is 0 Å². The lowest BCUT2D eigenvalue weighted by atomic mass is 10.1. The third-order valence-corrected chi connectivity index (χ3v) is 8.15. The summed E-state index contributed by atoms with van der Waals surface area (Å²) in [6.45, 7) is 2.60. The Kier molecular flexibility index (Phi) is 5.49. The molecular weight excluding hydrogens is 463 g/mol. The predicted octanol–water partition coefficient (Wildman–Crippen LogP) is 0.459. The van der Waals surface area contributed by atoms with Gasteiger partial charge in [-0.3, -0.25) is 13.7 Å². The van der Waals surface area contributed by atoms with Crippen LogP contribution in [0.2, 0.25) is 0 Å². The maximum Gasteiger partial charge on any atom is 0.374 e. The van der Waals surface area contributed by atoms with E-state index in [1.54, 1.807) is 13.8 Å². The van der Waals surface area contributed by atoms with E-state index in [1.165, 1.54) is 17.2 Å². The van der Waals surface area contributed by atoms with Crippen LogP contribution >= 0.6 is 15.2 Å². The summed E-state index contributed by atoms with van der Waals surface area (Å²) < 4.78 is 60.4. The van der Waals surface area contributed by atoms with Gasteiger partial charge in [-0.1, -0.05) is 0 Å². The van der Waals surface area contributed by atoms with Crippen molar-refractivity contribution in [1.29, 1.82) is 0 Å². The Morgan fingerprint density at radius 1 is 1.26 bits per heavy atom. The van der Waals surface area contributed by atoms with E-state index in [9.17, 15) is 18.4 Å². The molecule has 0 bridgehead atoms. The average molecular weight is 483 g/mol. The molecule has 6 atom stereocenters. The third kappa shape index (κ3) is 4.13. The largest absolute Gasteiger partial charge is 0.382 e. The van der Waals surface area contributed by atoms with Crippen molar-refractivity contribution in [3.8, 4) is 0 Å². The summed E-state index contributed by atoms with van der Waals surface area (Å²) in [7, 11) is -10.8. The Hall–Kier alpha value is -1.54. The first kappa shape index (κ1) is 22.6. The first-order chi connectivity index (χ1) is 14.3. The molecule has 0 aliphatic carbocycles. The van der Waals surface area contributed by atoms with Crippen molar-refractivity contribution in [2.45, 2.75) is 49.8 Å². The topological polar surface area (TPSA) is 201 Å². The number of fused-ring (bicyclic) bond motifs is 2. The molecule has 2 saturated heterocycles. The van der Waals surface area contributed by atoms with Crippen molar-refractivity contribution in [2.24, 2.45) is 0 Å². The van der Waals surface area contributed by atoms with Crippen LogP contribution in [0.1, 0.15) is 20.1 Å². The molecule has 4 heterocycles. The molecule has 2 aromatic rings. The highest BCUT2D eigenvalue weighted by Crippen LogP contribution is 2.63. The standard InChI is InChI=1S/C14H20FN5O9P2/c1-14(2)28-8-6(3-26-31(24,25)13(15)30(21,22)23)27-12(9(8)29-14)20-5-19-7-10(16)17-4-18-11(7)20/h4-6,8-9,12-13H,3H2,1-2H3,(H,24,25)(H2,16,17,18)(H2,21,22,23). The lowest BCUT2D eigenvalue weighted by Gasteiger charge is -2.25. The molecule has 4 rings (SSSR count). The number of hydrogen-bond donors (Lipinski definition) is 4. The Morgan fingerprint density at radius 3 is 2.61 bits per heavy atom. The lowest BCUT2D eigenvalue weighted by Crippen LogP contribution is -2.33. The number of hydrogen-bond acceptors (Lipinski definition) is 10. The van der Waals surface area contributed by atoms with Crippen LogP contribution in [0.15, 0.2) is 12.7 Å². The maximum absolute atomic E-state index is 13.7. The van der Waals surface area contributed by atoms with Crippen LogP contribution in [0.5, 0.6) is 0 Å². The van der Waals surface area contributed by atoms with Crippen molar-refractivity contribution >= 4 is 32.2 Å². The van der Waals surface area contributed by atoms with E-state index in [0.29, 0.717) is 11.2 Å². The highest BCUT2D eigenvalue weighted by molar-refractivity contribution is 7.70. The monoisotopic (exact) mass is 483 g/mol. The quantitative estimate of drug-likeness (QED) is 0.413. The van der Waals surface area contributed by atoms with Crippen molar-refractivity contribution in [3.05, 3.63) is 12.7 Å². The normalized spacial score (nSPS) is 30.9. The molecule has 0 aromatic carbocycles. The van der Waals surface area contributed by atoms with Crippen molar-refractivity contribution < 1.29 is 46.9 Å². The van der Waals surface area contributed by atoms with Gasteiger partial charge in [0.25, 0.3) is 5.65 Å². The van der Waals surface area contributed by atoms with Crippen LogP contribution in [0.4, 0.5) is 10.2 Å². The summed E-state index contributed by atoms with van der Waals surface area (Å²) in [4.78, 5) is 39.5. The number of nitrogens with zero attached hydrogens (tertiary/aromatic N) is 4. The lowest BCUT2D eigenvalue weighted by molar-refractivity contribution is -0.199. The zero-order valence-electron chi connectivity index (χ0n) is 16.2. The van der Waals surface area contributed by atoms with Gasteiger partial charge in [0.1, 0.15) is 30.2 Å². The molecule has 17 heteroatoms. The number of imidazole rings is 1. The first-order valence-electron chi connectivity index (χ1n) is 8.90. The van der Waals surface area contributed by atoms with Crippen LogP contribution in [-0.2, 0) is 27.9 Å². The number of halogens is 1. The SMILES string of the molecule is CC1(C)OC2C(COP(=O)(O)C(F)P(=O)(O)O)OC(n3cnc4c(N)ncnc43)C2O1. The molecule has 2 fully saturated rings. The summed E-state index contributed by atoms with van der Waals surface area (Å²) in [6.07, 6.45) is -0.830. The number of ether oxygens (including phenoxy) is 3. The molecule has 2 aliphatic heterocycles. The fraction of sp³-hybridized carbons (Fsp3) is 0.643. The average Bonchev–Trinajstić information content (AvgIpc) is 3.30. The Bertz CT molecular complexity index is 1090. The van der Waals surface area contributed by atoms with Gasteiger partial charge in [-0.25, -0.2) is 19.3 Å². The number of rotatable bonds is 6. The van der Waals surface area contributed by atoms with Gasteiger partial charge in [-0.2, -0.15) is 0 Å². The smallest absolute Gasteiger partial charge is 0.374 e. The minimum Gasteiger partial charge on any atom is -0.382 e. The second-order valence-corrected chi connectivity index (χ2v) is 11.4. The Balaban J connectivity index is 1.60. The summed E-state index contributed by atoms with van der Waals surface area (Å²) in [6, 6.07) is 0. The predicted molar refractivity (Wildman–Crippen MR) is 100 cm³/mol. The molecular formula is C14H20FN5O9P2. The fourth-order valence-corrected chi connectivity index (χ4v) is 5.71. The molecule has 2 aromatic heterocycles. The number of nitrogen functional groups attached to an aromatic ring is 1. The van der Waals surface area contributed by atoms with Gasteiger partial charge >= 0.3 is 15.2 Å². The zero-order valence-corrected chi connectivity index (χ0v) is 18.0. The number of nitrogens with two attached hydrogens (primary N) is 1. The fourth-order valence-electron chi connectivity index (χ4n) is 3.51. The van der Waals surface area contributed by atoms with E-state index in [0.717, 1.165) is 0 Å². The zero-order chi connectivity index (χ0) is 22.8. The number of alkyl halides is 1. The number of anilines is 1. The molecule has 0 spiro atoms. The van der Waals surface area contributed by atoms with Crippen molar-refractivity contribution in [3.63, 3.8) is 0 Å². The Morgan fingerprint density at radius 2 is 1.94 bits per heavy atom. The second-order valence-electron chi connectivity index (χ2n) is 7.47. The van der Waals surface area contributed by atoms with Crippen LogP contribution in [-0.4, -0.2) is 70.6 Å². The van der Waals surface area contributed by atoms with E-state index in [2.05, 4.69) is 19.5 Å². The molecule has 0 amide bonds. The summed E-state index contributed by atoms with van der Waals surface area (Å²) in [5.41, 5.74) is 3.07. The summed E-state index contributed by atoms with van der Waals surface area (Å²) >= 11 is 0. The van der Waals surface area contributed by atoms with Gasteiger partial charge in [0.15, 0.2) is 23.5 Å². The molecule has 14 nitrogen and oxygen atoms in total. The van der Waals surface area contributed by atoms with Gasteiger partial charge in [0, 0.05) is 0 Å². The molecule has 172 valence electrons. The molecule has 0 saturated carbocycles. The van der Waals surface area contributed by atoms with Crippen LogP contribution in [0, 0.1) is 0 Å². The maximum atomic E-state index is 13.7. The van der Waals surface area contributed by atoms with Gasteiger partial charge in [0.2, 0.25) is 0 Å².